The van der Waals surface area contributed by atoms with Gasteiger partial charge in [0.2, 0.25) is 5.96 Å². The topological polar surface area (TPSA) is 82.8 Å². The van der Waals surface area contributed by atoms with E-state index in [1.807, 2.05) is 0 Å². The maximum Gasteiger partial charge on any atom is 0.413 e. The molecule has 1 aromatic carbocycles. The molecule has 0 spiro atoms. The van der Waals surface area contributed by atoms with Crippen LogP contribution in [0.3, 0.4) is 0 Å². The fourth-order valence-corrected chi connectivity index (χ4v) is 4.44. The van der Waals surface area contributed by atoms with Crippen molar-refractivity contribution < 1.29 is 22.4 Å². The number of aliphatic imine (C=N–C) groups is 2. The summed E-state index contributed by atoms with van der Waals surface area (Å²) in [5.74, 6) is -0.838. The molecule has 1 aromatic heterocycles. The van der Waals surface area contributed by atoms with Gasteiger partial charge in [-0.1, -0.05) is 12.1 Å². The number of benzene rings is 1. The molecule has 1 saturated heterocycles. The Kier molecular flexibility index (Phi) is 6.45. The molecule has 11 heteroatoms. The molecule has 1 aliphatic heterocycles. The van der Waals surface area contributed by atoms with Gasteiger partial charge >= 0.3 is 6.18 Å². The van der Waals surface area contributed by atoms with Crippen LogP contribution in [0, 0.1) is 11.7 Å². The number of likely N-dealkylation sites (tertiary alicyclic amines) is 1. The Morgan fingerprint density at radius 3 is 2.62 bits per heavy atom. The molecule has 0 radical (unpaired) electrons. The van der Waals surface area contributed by atoms with E-state index < -0.39 is 23.5 Å². The first-order chi connectivity index (χ1) is 16.2. The van der Waals surface area contributed by atoms with Crippen molar-refractivity contribution in [2.45, 2.75) is 38.0 Å². The van der Waals surface area contributed by atoms with Crippen molar-refractivity contribution in [1.82, 2.24) is 20.2 Å². The van der Waals surface area contributed by atoms with E-state index in [1.165, 1.54) is 24.5 Å². The molecule has 2 fully saturated rings. The van der Waals surface area contributed by atoms with Gasteiger partial charge < -0.3 is 10.2 Å². The van der Waals surface area contributed by atoms with Gasteiger partial charge in [-0.15, -0.1) is 0 Å². The number of nitrogens with zero attached hydrogens (tertiary/aromatic N) is 5. The van der Waals surface area contributed by atoms with Crippen LogP contribution in [-0.2, 0) is 0 Å². The predicted octanol–water partition coefficient (Wildman–Crippen LogP) is 4.00. The number of rotatable bonds is 4. The molecule has 1 saturated carbocycles. The quantitative estimate of drug-likeness (QED) is 0.413. The lowest BCUT2D eigenvalue weighted by Crippen LogP contribution is -2.51. The number of allylic oxidation sites excluding steroid dienone is 1. The lowest BCUT2D eigenvalue weighted by atomic mass is 10.0. The number of halogens is 4. The summed E-state index contributed by atoms with van der Waals surface area (Å²) in [6.45, 7) is 4.72. The molecule has 1 aliphatic carbocycles. The number of piperidine rings is 1. The number of hydrogen-bond acceptors (Lipinski definition) is 4. The summed E-state index contributed by atoms with van der Waals surface area (Å²) in [6.07, 6.45) is 0.562. The fraction of sp³-hybridized carbons (Fsp3) is 0.348. The molecule has 2 bridgehead atoms. The van der Waals surface area contributed by atoms with Gasteiger partial charge in [0.25, 0.3) is 5.91 Å². The van der Waals surface area contributed by atoms with Gasteiger partial charge in [0.05, 0.1) is 11.6 Å². The summed E-state index contributed by atoms with van der Waals surface area (Å²) in [5.41, 5.74) is -0.699. The van der Waals surface area contributed by atoms with Crippen LogP contribution in [0.4, 0.5) is 17.6 Å². The second-order valence-corrected chi connectivity index (χ2v) is 8.27. The minimum atomic E-state index is -4.49. The minimum Gasteiger partial charge on any atom is -0.349 e. The number of carbonyl (C=O) groups excluding carboxylic acids is 1. The van der Waals surface area contributed by atoms with E-state index in [0.717, 1.165) is 6.92 Å². The lowest BCUT2D eigenvalue weighted by Gasteiger charge is -2.34. The van der Waals surface area contributed by atoms with Crippen LogP contribution in [0.25, 0.3) is 11.4 Å². The van der Waals surface area contributed by atoms with Crippen LogP contribution in [0.5, 0.6) is 0 Å². The zero-order chi connectivity index (χ0) is 24.5. The highest BCUT2D eigenvalue weighted by Crippen LogP contribution is 2.39. The molecule has 1 amide bonds. The lowest BCUT2D eigenvalue weighted by molar-refractivity contribution is -0.0914. The van der Waals surface area contributed by atoms with Gasteiger partial charge in [0, 0.05) is 42.3 Å². The number of guanidine groups is 1. The first-order valence-corrected chi connectivity index (χ1v) is 10.6. The van der Waals surface area contributed by atoms with Gasteiger partial charge in [-0.3, -0.25) is 4.79 Å². The molecule has 2 aliphatic rings. The van der Waals surface area contributed by atoms with Crippen LogP contribution in [0.15, 0.2) is 58.4 Å². The highest BCUT2D eigenvalue weighted by Gasteiger charge is 2.48. The summed E-state index contributed by atoms with van der Waals surface area (Å²) in [6, 6.07) is 5.31. The summed E-state index contributed by atoms with van der Waals surface area (Å²) < 4.78 is 53.1. The van der Waals surface area contributed by atoms with Crippen LogP contribution in [0.2, 0.25) is 0 Å². The maximum atomic E-state index is 14.9. The Bertz CT molecular complexity index is 1150. The van der Waals surface area contributed by atoms with Crippen LogP contribution >= 0.6 is 0 Å². The number of amides is 1. The summed E-state index contributed by atoms with van der Waals surface area (Å²) in [5, 5.41) is 3.00. The summed E-state index contributed by atoms with van der Waals surface area (Å²) in [4.78, 5) is 30.8. The van der Waals surface area contributed by atoms with Gasteiger partial charge in [-0.05, 0) is 44.5 Å². The predicted molar refractivity (Wildman–Crippen MR) is 119 cm³/mol. The Labute approximate surface area is 193 Å². The number of fused-ring (bicyclic) bond motifs is 2. The van der Waals surface area contributed by atoms with Crippen LogP contribution in [0.1, 0.15) is 30.1 Å². The minimum absolute atomic E-state index is 0.0715. The highest BCUT2D eigenvalue weighted by atomic mass is 19.4. The first kappa shape index (κ1) is 23.5. The summed E-state index contributed by atoms with van der Waals surface area (Å²) in [7, 11) is 0. The van der Waals surface area contributed by atoms with Gasteiger partial charge in [-0.25, -0.2) is 24.3 Å². The largest absolute Gasteiger partial charge is 0.413 e. The molecule has 3 atom stereocenters. The van der Waals surface area contributed by atoms with Gasteiger partial charge in [0.1, 0.15) is 5.82 Å². The van der Waals surface area contributed by atoms with Crippen molar-refractivity contribution in [3.63, 3.8) is 0 Å². The zero-order valence-electron chi connectivity index (χ0n) is 18.3. The Morgan fingerprint density at radius 2 is 1.97 bits per heavy atom. The fourth-order valence-electron chi connectivity index (χ4n) is 4.44. The van der Waals surface area contributed by atoms with Crippen molar-refractivity contribution >= 4 is 18.6 Å². The number of aromatic nitrogens is 2. The van der Waals surface area contributed by atoms with E-state index >= 15 is 0 Å². The Morgan fingerprint density at radius 1 is 1.24 bits per heavy atom. The van der Waals surface area contributed by atoms with E-state index in [4.69, 9.17) is 0 Å². The number of hydrogen-bond donors (Lipinski definition) is 1. The van der Waals surface area contributed by atoms with Gasteiger partial charge in [-0.2, -0.15) is 13.2 Å². The molecular weight excluding hydrogens is 452 g/mol. The molecular formula is C23H22F4N6O. The third-order valence-corrected chi connectivity index (χ3v) is 6.07. The normalized spacial score (nSPS) is 22.7. The Hall–Kier alpha value is -3.63. The van der Waals surface area contributed by atoms with Crippen molar-refractivity contribution in [2.75, 3.05) is 6.54 Å². The molecule has 7 nitrogen and oxygen atoms in total. The van der Waals surface area contributed by atoms with Crippen LogP contribution in [-0.4, -0.2) is 58.3 Å². The average molecular weight is 474 g/mol. The van der Waals surface area contributed by atoms with E-state index in [9.17, 15) is 22.4 Å². The number of carbonyl (C=O) groups is 1. The third kappa shape index (κ3) is 4.68. The molecule has 3 unspecified atom stereocenters. The monoisotopic (exact) mass is 474 g/mol. The van der Waals surface area contributed by atoms with E-state index in [1.54, 1.807) is 17.0 Å². The van der Waals surface area contributed by atoms with Crippen molar-refractivity contribution in [1.29, 1.82) is 0 Å². The van der Waals surface area contributed by atoms with E-state index in [2.05, 4.69) is 32.0 Å². The van der Waals surface area contributed by atoms with E-state index in [0.29, 0.717) is 31.1 Å². The van der Waals surface area contributed by atoms with Crippen LogP contribution < -0.4 is 5.32 Å². The molecule has 2 aromatic rings. The zero-order valence-corrected chi connectivity index (χ0v) is 18.3. The molecule has 4 rings (SSSR count). The van der Waals surface area contributed by atoms with Gasteiger partial charge in [0.15, 0.2) is 5.82 Å². The van der Waals surface area contributed by atoms with E-state index in [-0.39, 0.29) is 35.3 Å². The molecule has 1 N–H and O–H groups in total. The maximum absolute atomic E-state index is 14.9. The molecule has 34 heavy (non-hydrogen) atoms. The van der Waals surface area contributed by atoms with Crippen molar-refractivity contribution in [3.05, 3.63) is 59.8 Å². The Balaban J connectivity index is 1.57. The first-order valence-electron chi connectivity index (χ1n) is 10.6. The smallest absolute Gasteiger partial charge is 0.349 e. The van der Waals surface area contributed by atoms with Crippen molar-refractivity contribution in [2.24, 2.45) is 15.9 Å². The SMILES string of the molecule is C=N/C(=N\C=C(/C)C(F)(F)F)NC1CC2CC1N(C(=O)c1c(F)cccc1-c1ncccn1)C2. The standard InChI is InChI=1S/C23H22F4N6O/c1-13(23(25,26)27)11-31-22(28-2)32-17-9-14-10-18(17)33(12-14)21(34)19-15(5-3-6-16(19)24)20-29-7-4-8-30-20/h3-8,11,14,17-18H,2,9-10,12H2,1H3,(H,31,32)/b13-11+. The third-order valence-electron chi connectivity index (χ3n) is 6.07. The number of nitrogens with one attached hydrogen (secondary N) is 1. The molecule has 178 valence electrons. The number of alkyl halides is 3. The van der Waals surface area contributed by atoms with Crippen molar-refractivity contribution in [3.8, 4) is 11.4 Å². The summed E-state index contributed by atoms with van der Waals surface area (Å²) >= 11 is 0. The average Bonchev–Trinajstić information content (AvgIpc) is 3.41. The highest BCUT2D eigenvalue weighted by molar-refractivity contribution is 6.01. The second kappa shape index (κ2) is 9.32. The molecule has 2 heterocycles. The second-order valence-electron chi connectivity index (χ2n) is 8.27.